The number of nitrogens with one attached hydrogen (secondary N) is 3. The van der Waals surface area contributed by atoms with Crippen molar-refractivity contribution in [2.24, 2.45) is 0 Å². The van der Waals surface area contributed by atoms with E-state index in [9.17, 15) is 14.0 Å². The minimum atomic E-state index is -0.592. The normalized spacial score (nSPS) is 19.9. The summed E-state index contributed by atoms with van der Waals surface area (Å²) in [5.74, 6) is -0.592. The Morgan fingerprint density at radius 3 is 2.97 bits per heavy atom. The predicted octanol–water partition coefficient (Wildman–Crippen LogP) is 3.25. The highest BCUT2D eigenvalue weighted by Gasteiger charge is 2.44. The van der Waals surface area contributed by atoms with E-state index in [1.807, 2.05) is 0 Å². The molecule has 0 saturated carbocycles. The number of aromatic nitrogens is 4. The number of nitrogens with zero attached hydrogens (tertiary/aromatic N) is 3. The van der Waals surface area contributed by atoms with E-state index < -0.39 is 11.8 Å². The summed E-state index contributed by atoms with van der Waals surface area (Å²) >= 11 is 6.30. The van der Waals surface area contributed by atoms with Crippen LogP contribution in [0.15, 0.2) is 35.4 Å². The molecule has 2 amide bonds. The van der Waals surface area contributed by atoms with E-state index in [0.717, 1.165) is 18.4 Å². The second-order valence-electron chi connectivity index (χ2n) is 7.23. The van der Waals surface area contributed by atoms with Crippen molar-refractivity contribution < 1.29 is 9.18 Å². The third-order valence-corrected chi connectivity index (χ3v) is 5.85. The van der Waals surface area contributed by atoms with Crippen LogP contribution in [0.2, 0.25) is 5.02 Å². The maximum atomic E-state index is 14.7. The van der Waals surface area contributed by atoms with Gasteiger partial charge in [-0.2, -0.15) is 10.2 Å². The van der Waals surface area contributed by atoms with Crippen LogP contribution in [0.5, 0.6) is 0 Å². The first-order chi connectivity index (χ1) is 14.0. The van der Waals surface area contributed by atoms with Crippen molar-refractivity contribution in [3.05, 3.63) is 63.0 Å². The van der Waals surface area contributed by atoms with Crippen LogP contribution in [0, 0.1) is 5.82 Å². The van der Waals surface area contributed by atoms with Gasteiger partial charge in [0.2, 0.25) is 0 Å². The maximum Gasteiger partial charge on any atom is 0.322 e. The molecule has 2 aromatic heterocycles. The number of carbonyl (C=O) groups is 1. The Hall–Kier alpha value is -3.20. The van der Waals surface area contributed by atoms with Gasteiger partial charge in [0.15, 0.2) is 0 Å². The predicted molar refractivity (Wildman–Crippen MR) is 104 cm³/mol. The van der Waals surface area contributed by atoms with Crippen molar-refractivity contribution in [1.29, 1.82) is 0 Å². The Bertz CT molecular complexity index is 1160. The fraction of sp³-hybridized carbons (Fsp3) is 0.263. The van der Waals surface area contributed by atoms with Crippen LogP contribution in [-0.4, -0.2) is 37.4 Å². The van der Waals surface area contributed by atoms with Crippen molar-refractivity contribution in [2.45, 2.75) is 31.3 Å². The lowest BCUT2D eigenvalue weighted by Crippen LogP contribution is -2.45. The first kappa shape index (κ1) is 17.9. The first-order valence-corrected chi connectivity index (χ1v) is 9.55. The molecule has 0 spiro atoms. The third-order valence-electron chi connectivity index (χ3n) is 5.54. The molecule has 2 atom stereocenters. The molecule has 2 bridgehead atoms. The van der Waals surface area contributed by atoms with E-state index in [2.05, 4.69) is 25.7 Å². The summed E-state index contributed by atoms with van der Waals surface area (Å²) in [5.41, 5.74) is 2.45. The molecule has 10 heteroatoms. The fourth-order valence-electron chi connectivity index (χ4n) is 4.26. The molecule has 2 unspecified atom stereocenters. The summed E-state index contributed by atoms with van der Waals surface area (Å²) < 4.78 is 14.7. The number of urea groups is 1. The largest absolute Gasteiger partial charge is 0.322 e. The first-order valence-electron chi connectivity index (χ1n) is 9.17. The number of carbonyl (C=O) groups excluding carboxylic acids is 1. The molecule has 0 radical (unpaired) electrons. The molecule has 1 saturated heterocycles. The van der Waals surface area contributed by atoms with Crippen molar-refractivity contribution >= 4 is 23.3 Å². The molecule has 3 aromatic rings. The average molecular weight is 415 g/mol. The Kier molecular flexibility index (Phi) is 4.13. The van der Waals surface area contributed by atoms with E-state index in [1.165, 1.54) is 18.2 Å². The summed E-state index contributed by atoms with van der Waals surface area (Å²) in [6, 6.07) is 3.49. The third kappa shape index (κ3) is 2.98. The minimum Gasteiger partial charge on any atom is -0.313 e. The Labute approximate surface area is 169 Å². The molecule has 4 heterocycles. The number of benzene rings is 1. The molecular weight excluding hydrogens is 399 g/mol. The second kappa shape index (κ2) is 6.70. The number of hydrogen-bond donors (Lipinski definition) is 3. The molecule has 29 heavy (non-hydrogen) atoms. The number of halogens is 2. The van der Waals surface area contributed by atoms with Crippen LogP contribution in [0.25, 0.3) is 11.1 Å². The zero-order valence-electron chi connectivity index (χ0n) is 15.1. The number of H-pyrrole nitrogens is 2. The van der Waals surface area contributed by atoms with Gasteiger partial charge in [0.05, 0.1) is 28.6 Å². The van der Waals surface area contributed by atoms with E-state index in [1.54, 1.807) is 17.3 Å². The lowest BCUT2D eigenvalue weighted by atomic mass is 9.99. The molecule has 2 aliphatic rings. The summed E-state index contributed by atoms with van der Waals surface area (Å²) in [6.45, 7) is 0. The fourth-order valence-corrected chi connectivity index (χ4v) is 4.53. The highest BCUT2D eigenvalue weighted by Crippen LogP contribution is 2.42. The van der Waals surface area contributed by atoms with Crippen molar-refractivity contribution in [3.63, 3.8) is 0 Å². The number of hydrogen-bond acceptors (Lipinski definition) is 4. The van der Waals surface area contributed by atoms with Gasteiger partial charge in [-0.25, -0.2) is 14.3 Å². The van der Waals surface area contributed by atoms with E-state index in [4.69, 9.17) is 11.6 Å². The zero-order valence-corrected chi connectivity index (χ0v) is 15.8. The average Bonchev–Trinajstić information content (AvgIpc) is 3.32. The van der Waals surface area contributed by atoms with Crippen LogP contribution >= 0.6 is 11.6 Å². The Balaban J connectivity index is 1.42. The number of amides is 2. The number of fused-ring (bicyclic) bond motifs is 4. The second-order valence-corrected chi connectivity index (χ2v) is 7.64. The van der Waals surface area contributed by atoms with Gasteiger partial charge in [0, 0.05) is 29.4 Å². The van der Waals surface area contributed by atoms with Crippen LogP contribution in [0.1, 0.15) is 30.1 Å². The molecule has 0 aliphatic carbocycles. The van der Waals surface area contributed by atoms with Gasteiger partial charge in [-0.05, 0) is 37.0 Å². The lowest BCUT2D eigenvalue weighted by molar-refractivity contribution is 0.177. The summed E-state index contributed by atoms with van der Waals surface area (Å²) in [7, 11) is 0. The summed E-state index contributed by atoms with van der Waals surface area (Å²) in [4.78, 5) is 26.2. The molecule has 1 fully saturated rings. The van der Waals surface area contributed by atoms with E-state index >= 15 is 0 Å². The van der Waals surface area contributed by atoms with Crippen molar-refractivity contribution in [2.75, 3.05) is 5.32 Å². The van der Waals surface area contributed by atoms with Crippen LogP contribution < -0.4 is 10.9 Å². The van der Waals surface area contributed by atoms with Crippen LogP contribution in [-0.2, 0) is 6.42 Å². The smallest absolute Gasteiger partial charge is 0.313 e. The van der Waals surface area contributed by atoms with Gasteiger partial charge in [-0.1, -0.05) is 11.6 Å². The number of anilines is 1. The molecule has 8 nitrogen and oxygen atoms in total. The summed E-state index contributed by atoms with van der Waals surface area (Å²) in [5, 5.41) is 16.0. The van der Waals surface area contributed by atoms with Gasteiger partial charge in [-0.15, -0.1) is 0 Å². The molecule has 2 aliphatic heterocycles. The quantitative estimate of drug-likeness (QED) is 0.598. The standard InChI is InChI=1S/C19H16ClFN6O2/c20-13-6-15(14(21)5-12(13)10-7-22-23-8-10)24-19(29)27-11-1-2-16(27)18-9(3-11)4-17(28)25-26-18/h4-8,11,16H,1-3H2,(H,22,23)(H,24,29)(H,25,28). The van der Waals surface area contributed by atoms with Crippen LogP contribution in [0.3, 0.4) is 0 Å². The molecule has 5 rings (SSSR count). The van der Waals surface area contributed by atoms with Gasteiger partial charge < -0.3 is 10.2 Å². The number of rotatable bonds is 2. The maximum absolute atomic E-state index is 14.7. The molecule has 1 aromatic carbocycles. The Morgan fingerprint density at radius 2 is 2.17 bits per heavy atom. The van der Waals surface area contributed by atoms with Gasteiger partial charge >= 0.3 is 6.03 Å². The molecule has 148 valence electrons. The number of aromatic amines is 2. The zero-order chi connectivity index (χ0) is 20.1. The topological polar surface area (TPSA) is 107 Å². The highest BCUT2D eigenvalue weighted by atomic mass is 35.5. The van der Waals surface area contributed by atoms with Gasteiger partial charge in [0.1, 0.15) is 5.82 Å². The van der Waals surface area contributed by atoms with Crippen molar-refractivity contribution in [3.8, 4) is 11.1 Å². The minimum absolute atomic E-state index is 0.00636. The lowest BCUT2D eigenvalue weighted by Gasteiger charge is -2.35. The summed E-state index contributed by atoms with van der Waals surface area (Å²) in [6.07, 6.45) is 5.25. The Morgan fingerprint density at radius 1 is 1.31 bits per heavy atom. The molecule has 3 N–H and O–H groups in total. The monoisotopic (exact) mass is 414 g/mol. The van der Waals surface area contributed by atoms with E-state index in [0.29, 0.717) is 28.3 Å². The molecular formula is C19H16ClFN6O2. The SMILES string of the molecule is O=C(Nc1cc(Cl)c(-c2cn[nH]c2)cc1F)N1C2CCC1c1n[nH]c(=O)cc1C2. The van der Waals surface area contributed by atoms with Gasteiger partial charge in [-0.3, -0.25) is 9.89 Å². The van der Waals surface area contributed by atoms with Crippen molar-refractivity contribution in [1.82, 2.24) is 25.3 Å². The highest BCUT2D eigenvalue weighted by molar-refractivity contribution is 6.33. The van der Waals surface area contributed by atoms with E-state index in [-0.39, 0.29) is 23.3 Å². The van der Waals surface area contributed by atoms with Crippen LogP contribution in [0.4, 0.5) is 14.9 Å². The van der Waals surface area contributed by atoms with Gasteiger partial charge in [0.25, 0.3) is 5.56 Å².